The quantitative estimate of drug-likeness (QED) is 0.405. The molecule has 1 fully saturated rings. The van der Waals surface area contributed by atoms with Crippen LogP contribution in [-0.4, -0.2) is 44.8 Å². The molecule has 0 aromatic carbocycles. The number of aliphatic hydroxyl groups excluding tert-OH is 2. The average Bonchev–Trinajstić information content (AvgIpc) is 3.46. The molecule has 4 heterocycles. The van der Waals surface area contributed by atoms with E-state index in [4.69, 9.17) is 4.74 Å². The number of thioether (sulfide) groups is 1. The second-order valence-corrected chi connectivity index (χ2v) is 9.83. The highest BCUT2D eigenvalue weighted by Crippen LogP contribution is 2.36. The van der Waals surface area contributed by atoms with E-state index >= 15 is 0 Å². The molecule has 7 nitrogen and oxygen atoms in total. The third-order valence-corrected chi connectivity index (χ3v) is 7.98. The second-order valence-electron chi connectivity index (χ2n) is 6.56. The van der Waals surface area contributed by atoms with E-state index in [9.17, 15) is 19.8 Å². The van der Waals surface area contributed by atoms with Gasteiger partial charge in [-0.05, 0) is 30.5 Å². The fraction of sp³-hybridized carbons (Fsp3) is 0.300. The van der Waals surface area contributed by atoms with Crippen molar-refractivity contribution in [2.24, 2.45) is 0 Å². The maximum atomic E-state index is 12.2. The summed E-state index contributed by atoms with van der Waals surface area (Å²) in [6, 6.07) is 8.06. The minimum Gasteiger partial charge on any atom is -0.394 e. The molecule has 0 amide bonds. The number of thiophene rings is 2. The number of ether oxygens (including phenoxy) is 1. The van der Waals surface area contributed by atoms with E-state index in [1.165, 1.54) is 31.2 Å². The summed E-state index contributed by atoms with van der Waals surface area (Å²) < 4.78 is 7.94. The Labute approximate surface area is 184 Å². The maximum Gasteiger partial charge on any atom is 0.330 e. The minimum atomic E-state index is -0.887. The van der Waals surface area contributed by atoms with Crippen LogP contribution in [0.5, 0.6) is 0 Å². The molecule has 4 rings (SSSR count). The molecule has 30 heavy (non-hydrogen) atoms. The van der Waals surface area contributed by atoms with Crippen molar-refractivity contribution >= 4 is 34.4 Å². The van der Waals surface area contributed by atoms with E-state index in [1.54, 1.807) is 23.1 Å². The van der Waals surface area contributed by atoms with Gasteiger partial charge in [-0.25, -0.2) is 4.79 Å². The van der Waals surface area contributed by atoms with E-state index in [1.807, 2.05) is 18.4 Å². The Kier molecular flexibility index (Phi) is 6.29. The molecule has 3 aromatic rings. The molecule has 0 radical (unpaired) electrons. The molecule has 1 aliphatic heterocycles. The molecule has 0 unspecified atom stereocenters. The lowest BCUT2D eigenvalue weighted by molar-refractivity contribution is -0.0459. The van der Waals surface area contributed by atoms with Crippen LogP contribution in [0.25, 0.3) is 9.75 Å². The van der Waals surface area contributed by atoms with Crippen molar-refractivity contribution in [3.63, 3.8) is 0 Å². The highest BCUT2D eigenvalue weighted by molar-refractivity contribution is 8.00. The predicted octanol–water partition coefficient (Wildman–Crippen LogP) is 2.09. The van der Waals surface area contributed by atoms with Crippen LogP contribution in [0.2, 0.25) is 0 Å². The first-order valence-corrected chi connectivity index (χ1v) is 11.9. The van der Waals surface area contributed by atoms with Gasteiger partial charge < -0.3 is 14.9 Å². The van der Waals surface area contributed by atoms with Gasteiger partial charge in [0, 0.05) is 22.4 Å². The van der Waals surface area contributed by atoms with Crippen molar-refractivity contribution in [1.82, 2.24) is 9.55 Å². The number of H-pyrrole nitrogens is 1. The minimum absolute atomic E-state index is 0.121. The highest BCUT2D eigenvalue weighted by Gasteiger charge is 2.35. The monoisotopic (exact) mass is 462 g/mol. The highest BCUT2D eigenvalue weighted by atomic mass is 32.2. The first-order chi connectivity index (χ1) is 14.5. The summed E-state index contributed by atoms with van der Waals surface area (Å²) in [6.45, 7) is -0.355. The summed E-state index contributed by atoms with van der Waals surface area (Å²) in [7, 11) is 0. The molecule has 156 valence electrons. The normalized spacial score (nSPS) is 20.8. The smallest absolute Gasteiger partial charge is 0.330 e. The standard InChI is InChI=1S/C20H18N2O5S3/c1-28-18-7-6-16(30-18)15-5-4-12(29-15)3-2-11-9-22(20(26)21-19(11)25)17-8-13(24)14(10-23)27-17/h4-7,9,13-14,17,23-24H,8,10H2,1H3,(H,21,25,26)/t13-,14+,17+/m0/s1. The van der Waals surface area contributed by atoms with Crippen LogP contribution in [0.4, 0.5) is 0 Å². The SMILES string of the molecule is CSc1ccc(-c2ccc(C#Cc3cn([C@H]4C[C@H](O)[C@@H](CO)O4)c(=O)[nH]c3=O)s2)s1. The Morgan fingerprint density at radius 2 is 2.00 bits per heavy atom. The number of nitrogens with zero attached hydrogens (tertiary/aromatic N) is 1. The third kappa shape index (κ3) is 4.32. The maximum absolute atomic E-state index is 12.2. The number of aromatic nitrogens is 2. The van der Waals surface area contributed by atoms with Gasteiger partial charge in [-0.15, -0.1) is 34.4 Å². The lowest BCUT2D eigenvalue weighted by Gasteiger charge is -2.14. The molecule has 10 heteroatoms. The van der Waals surface area contributed by atoms with Gasteiger partial charge in [0.15, 0.2) is 0 Å². The summed E-state index contributed by atoms with van der Waals surface area (Å²) in [5.41, 5.74) is -1.11. The number of hydrogen-bond acceptors (Lipinski definition) is 8. The number of hydrogen-bond donors (Lipinski definition) is 3. The van der Waals surface area contributed by atoms with E-state index in [0.717, 1.165) is 9.75 Å². The van der Waals surface area contributed by atoms with Crippen molar-refractivity contribution in [1.29, 1.82) is 0 Å². The Bertz CT molecular complexity index is 1230. The van der Waals surface area contributed by atoms with E-state index in [2.05, 4.69) is 29.0 Å². The molecule has 3 aromatic heterocycles. The largest absolute Gasteiger partial charge is 0.394 e. The number of aromatic amines is 1. The topological polar surface area (TPSA) is 105 Å². The lowest BCUT2D eigenvalue weighted by Crippen LogP contribution is -2.33. The number of rotatable bonds is 4. The van der Waals surface area contributed by atoms with Crippen LogP contribution in [0, 0.1) is 11.8 Å². The summed E-state index contributed by atoms with van der Waals surface area (Å²) in [4.78, 5) is 29.7. The average molecular weight is 463 g/mol. The molecule has 0 spiro atoms. The van der Waals surface area contributed by atoms with Crippen LogP contribution >= 0.6 is 34.4 Å². The Balaban J connectivity index is 1.60. The summed E-state index contributed by atoms with van der Waals surface area (Å²) in [5.74, 6) is 5.81. The summed E-state index contributed by atoms with van der Waals surface area (Å²) >= 11 is 4.95. The molecule has 3 atom stereocenters. The fourth-order valence-electron chi connectivity index (χ4n) is 3.07. The molecular weight excluding hydrogens is 444 g/mol. The van der Waals surface area contributed by atoms with Crippen LogP contribution in [0.3, 0.4) is 0 Å². The number of aliphatic hydroxyl groups is 2. The Hall–Kier alpha value is -2.13. The van der Waals surface area contributed by atoms with E-state index < -0.39 is 29.7 Å². The van der Waals surface area contributed by atoms with Gasteiger partial charge >= 0.3 is 5.69 Å². The molecule has 0 bridgehead atoms. The van der Waals surface area contributed by atoms with Crippen molar-refractivity contribution in [3.8, 4) is 21.6 Å². The predicted molar refractivity (Wildman–Crippen MR) is 118 cm³/mol. The number of nitrogens with one attached hydrogen (secondary N) is 1. The van der Waals surface area contributed by atoms with E-state index in [-0.39, 0.29) is 18.6 Å². The first kappa shape index (κ1) is 21.1. The Morgan fingerprint density at radius 3 is 2.70 bits per heavy atom. The molecule has 1 aliphatic rings. The van der Waals surface area contributed by atoms with Crippen molar-refractivity contribution in [2.75, 3.05) is 12.9 Å². The first-order valence-electron chi connectivity index (χ1n) is 9.04. The summed E-state index contributed by atoms with van der Waals surface area (Å²) in [6.07, 6.45) is 1.08. The van der Waals surface area contributed by atoms with E-state index in [0.29, 0.717) is 0 Å². The molecule has 3 N–H and O–H groups in total. The van der Waals surface area contributed by atoms with Gasteiger partial charge in [0.1, 0.15) is 17.9 Å². The van der Waals surface area contributed by atoms with Crippen LogP contribution in [0.1, 0.15) is 23.1 Å². The zero-order valence-electron chi connectivity index (χ0n) is 15.8. The summed E-state index contributed by atoms with van der Waals surface area (Å²) in [5, 5.41) is 19.1. The van der Waals surface area contributed by atoms with Crippen molar-refractivity contribution < 1.29 is 14.9 Å². The molecule has 0 saturated carbocycles. The van der Waals surface area contributed by atoms with Gasteiger partial charge in [-0.1, -0.05) is 11.8 Å². The molecule has 1 saturated heterocycles. The van der Waals surface area contributed by atoms with Gasteiger partial charge in [-0.3, -0.25) is 14.3 Å². The van der Waals surface area contributed by atoms with Crippen molar-refractivity contribution in [3.05, 3.63) is 61.7 Å². The van der Waals surface area contributed by atoms with Crippen LogP contribution < -0.4 is 11.2 Å². The lowest BCUT2D eigenvalue weighted by atomic mass is 10.2. The van der Waals surface area contributed by atoms with Gasteiger partial charge in [0.25, 0.3) is 5.56 Å². The van der Waals surface area contributed by atoms with Gasteiger partial charge in [0.2, 0.25) is 0 Å². The third-order valence-electron chi connectivity index (χ3n) is 4.61. The second kappa shape index (κ2) is 8.93. The van der Waals surface area contributed by atoms with Crippen LogP contribution in [-0.2, 0) is 4.74 Å². The van der Waals surface area contributed by atoms with Crippen molar-refractivity contribution in [2.45, 2.75) is 29.1 Å². The van der Waals surface area contributed by atoms with Crippen LogP contribution in [0.15, 0.2) is 44.3 Å². The zero-order valence-corrected chi connectivity index (χ0v) is 18.3. The zero-order chi connectivity index (χ0) is 21.3. The molecule has 0 aliphatic carbocycles. The molecular formula is C20H18N2O5S3. The van der Waals surface area contributed by atoms with Gasteiger partial charge in [0.05, 0.1) is 21.8 Å². The van der Waals surface area contributed by atoms with Gasteiger partial charge in [-0.2, -0.15) is 0 Å². The fourth-order valence-corrected chi connectivity index (χ4v) is 5.56. The Morgan fingerprint density at radius 1 is 1.23 bits per heavy atom.